The average Bonchev–Trinajstić information content (AvgIpc) is 3.08. The lowest BCUT2D eigenvalue weighted by molar-refractivity contribution is 0.00982. The van der Waals surface area contributed by atoms with Crippen molar-refractivity contribution in [2.24, 2.45) is 11.7 Å². The zero-order chi connectivity index (χ0) is 11.4. The minimum absolute atomic E-state index is 0.178. The summed E-state index contributed by atoms with van der Waals surface area (Å²) in [6.45, 7) is 1.12. The van der Waals surface area contributed by atoms with E-state index in [2.05, 4.69) is 0 Å². The van der Waals surface area contributed by atoms with Gasteiger partial charge in [0, 0.05) is 18.2 Å². The van der Waals surface area contributed by atoms with Gasteiger partial charge in [-0.2, -0.15) is 0 Å². The first kappa shape index (κ1) is 11.4. The summed E-state index contributed by atoms with van der Waals surface area (Å²) in [6, 6.07) is 4.67. The van der Waals surface area contributed by atoms with Crippen molar-refractivity contribution < 1.29 is 13.9 Å². The van der Waals surface area contributed by atoms with Crippen LogP contribution in [-0.2, 0) is 11.3 Å². The normalized spacial score (nSPS) is 15.1. The molecule has 0 atom stereocenters. The lowest BCUT2D eigenvalue weighted by Gasteiger charge is -2.08. The molecule has 0 amide bonds. The number of nitrogens with two attached hydrogens (primary N) is 1. The van der Waals surface area contributed by atoms with Crippen LogP contribution in [0.15, 0.2) is 18.2 Å². The molecule has 16 heavy (non-hydrogen) atoms. The number of hydrogen-bond acceptors (Lipinski definition) is 3. The van der Waals surface area contributed by atoms with E-state index in [9.17, 15) is 4.39 Å². The first-order valence-corrected chi connectivity index (χ1v) is 5.48. The highest BCUT2D eigenvalue weighted by Gasteiger charge is 2.21. The number of benzene rings is 1. The third kappa shape index (κ3) is 3.18. The maximum absolute atomic E-state index is 13.3. The Morgan fingerprint density at radius 1 is 1.38 bits per heavy atom. The van der Waals surface area contributed by atoms with Gasteiger partial charge in [-0.05, 0) is 24.8 Å². The molecule has 0 heterocycles. The van der Waals surface area contributed by atoms with E-state index < -0.39 is 0 Å². The van der Waals surface area contributed by atoms with Gasteiger partial charge in [0.15, 0.2) is 6.79 Å². The second-order valence-electron chi connectivity index (χ2n) is 4.03. The standard InChI is InChI=1S/C12H16FNO2/c13-12-5-11(4-3-10(12)6-14)16-8-15-7-9-1-2-9/h3-5,9H,1-2,6-8,14H2. The van der Waals surface area contributed by atoms with Crippen LogP contribution < -0.4 is 10.5 Å². The Bertz CT molecular complexity index is 353. The summed E-state index contributed by atoms with van der Waals surface area (Å²) >= 11 is 0. The molecule has 0 aromatic heterocycles. The van der Waals surface area contributed by atoms with E-state index in [0.29, 0.717) is 17.2 Å². The van der Waals surface area contributed by atoms with Gasteiger partial charge in [0.2, 0.25) is 0 Å². The summed E-state index contributed by atoms with van der Waals surface area (Å²) in [6.07, 6.45) is 2.50. The van der Waals surface area contributed by atoms with E-state index in [1.807, 2.05) is 0 Å². The van der Waals surface area contributed by atoms with Crippen LogP contribution in [0.1, 0.15) is 18.4 Å². The van der Waals surface area contributed by atoms with E-state index in [1.54, 1.807) is 12.1 Å². The SMILES string of the molecule is NCc1ccc(OCOCC2CC2)cc1F. The van der Waals surface area contributed by atoms with Crippen molar-refractivity contribution in [3.63, 3.8) is 0 Å². The van der Waals surface area contributed by atoms with Crippen LogP contribution >= 0.6 is 0 Å². The smallest absolute Gasteiger partial charge is 0.189 e. The van der Waals surface area contributed by atoms with Crippen molar-refractivity contribution in [2.75, 3.05) is 13.4 Å². The van der Waals surface area contributed by atoms with Crippen molar-refractivity contribution in [3.05, 3.63) is 29.6 Å². The molecule has 0 spiro atoms. The van der Waals surface area contributed by atoms with Crippen LogP contribution in [0.5, 0.6) is 5.75 Å². The Morgan fingerprint density at radius 2 is 2.19 bits per heavy atom. The van der Waals surface area contributed by atoms with Crippen molar-refractivity contribution in [1.82, 2.24) is 0 Å². The predicted octanol–water partition coefficient (Wildman–Crippen LogP) is 2.05. The molecular weight excluding hydrogens is 209 g/mol. The molecule has 2 rings (SSSR count). The minimum Gasteiger partial charge on any atom is -0.467 e. The van der Waals surface area contributed by atoms with E-state index in [0.717, 1.165) is 6.61 Å². The number of ether oxygens (including phenoxy) is 2. The topological polar surface area (TPSA) is 44.5 Å². The third-order valence-electron chi connectivity index (χ3n) is 2.60. The van der Waals surface area contributed by atoms with Crippen LogP contribution in [0.3, 0.4) is 0 Å². The first-order valence-electron chi connectivity index (χ1n) is 5.48. The molecule has 0 unspecified atom stereocenters. The van der Waals surface area contributed by atoms with Gasteiger partial charge in [0.25, 0.3) is 0 Å². The molecule has 0 radical (unpaired) electrons. The van der Waals surface area contributed by atoms with Gasteiger partial charge in [-0.3, -0.25) is 0 Å². The van der Waals surface area contributed by atoms with Crippen LogP contribution in [0.25, 0.3) is 0 Å². The molecule has 0 aliphatic heterocycles. The second kappa shape index (κ2) is 5.27. The Labute approximate surface area is 94.3 Å². The third-order valence-corrected chi connectivity index (χ3v) is 2.60. The largest absolute Gasteiger partial charge is 0.467 e. The molecule has 1 aromatic rings. The lowest BCUT2D eigenvalue weighted by atomic mass is 10.2. The molecule has 4 heteroatoms. The zero-order valence-corrected chi connectivity index (χ0v) is 9.12. The van der Waals surface area contributed by atoms with Crippen molar-refractivity contribution in [1.29, 1.82) is 0 Å². The zero-order valence-electron chi connectivity index (χ0n) is 9.12. The number of halogens is 1. The van der Waals surface area contributed by atoms with Gasteiger partial charge in [-0.25, -0.2) is 4.39 Å². The quantitative estimate of drug-likeness (QED) is 0.595. The van der Waals surface area contributed by atoms with Crippen LogP contribution in [0.4, 0.5) is 4.39 Å². The summed E-state index contributed by atoms with van der Waals surface area (Å²) in [4.78, 5) is 0. The molecule has 1 aliphatic carbocycles. The van der Waals surface area contributed by atoms with E-state index in [1.165, 1.54) is 18.9 Å². The van der Waals surface area contributed by atoms with Gasteiger partial charge >= 0.3 is 0 Å². The summed E-state index contributed by atoms with van der Waals surface area (Å²) in [5, 5.41) is 0. The monoisotopic (exact) mass is 225 g/mol. The molecule has 0 saturated heterocycles. The Balaban J connectivity index is 1.77. The molecule has 0 bridgehead atoms. The van der Waals surface area contributed by atoms with Gasteiger partial charge in [-0.15, -0.1) is 0 Å². The number of rotatable bonds is 6. The molecule has 3 nitrogen and oxygen atoms in total. The van der Waals surface area contributed by atoms with Gasteiger partial charge in [-0.1, -0.05) is 6.07 Å². The van der Waals surface area contributed by atoms with Crippen LogP contribution in [0.2, 0.25) is 0 Å². The highest BCUT2D eigenvalue weighted by molar-refractivity contribution is 5.28. The van der Waals surface area contributed by atoms with Crippen LogP contribution in [-0.4, -0.2) is 13.4 Å². The molecular formula is C12H16FNO2. The van der Waals surface area contributed by atoms with Gasteiger partial charge < -0.3 is 15.2 Å². The summed E-state index contributed by atoms with van der Waals surface area (Å²) in [7, 11) is 0. The van der Waals surface area contributed by atoms with Gasteiger partial charge in [0.05, 0.1) is 6.61 Å². The highest BCUT2D eigenvalue weighted by atomic mass is 19.1. The molecule has 1 aliphatic rings. The fourth-order valence-electron chi connectivity index (χ4n) is 1.39. The predicted molar refractivity (Wildman–Crippen MR) is 58.5 cm³/mol. The average molecular weight is 225 g/mol. The minimum atomic E-state index is -0.331. The molecule has 1 fully saturated rings. The molecule has 2 N–H and O–H groups in total. The molecule has 1 aromatic carbocycles. The maximum Gasteiger partial charge on any atom is 0.189 e. The van der Waals surface area contributed by atoms with E-state index in [4.69, 9.17) is 15.2 Å². The van der Waals surface area contributed by atoms with E-state index >= 15 is 0 Å². The lowest BCUT2D eigenvalue weighted by Crippen LogP contribution is -2.06. The first-order chi connectivity index (χ1) is 7.79. The summed E-state index contributed by atoms with van der Waals surface area (Å²) in [5.74, 6) is 0.854. The van der Waals surface area contributed by atoms with Crippen LogP contribution in [0, 0.1) is 11.7 Å². The van der Waals surface area contributed by atoms with Crippen molar-refractivity contribution in [3.8, 4) is 5.75 Å². The fraction of sp³-hybridized carbons (Fsp3) is 0.500. The summed E-state index contributed by atoms with van der Waals surface area (Å²) < 4.78 is 23.8. The van der Waals surface area contributed by atoms with Crippen molar-refractivity contribution in [2.45, 2.75) is 19.4 Å². The maximum atomic E-state index is 13.3. The van der Waals surface area contributed by atoms with E-state index in [-0.39, 0.29) is 19.2 Å². The Hall–Kier alpha value is -1.13. The molecule has 88 valence electrons. The van der Waals surface area contributed by atoms with Gasteiger partial charge in [0.1, 0.15) is 11.6 Å². The summed E-state index contributed by atoms with van der Waals surface area (Å²) in [5.41, 5.74) is 5.85. The number of hydrogen-bond donors (Lipinski definition) is 1. The molecule has 1 saturated carbocycles. The Morgan fingerprint density at radius 3 is 2.81 bits per heavy atom. The van der Waals surface area contributed by atoms with Crippen molar-refractivity contribution >= 4 is 0 Å². The Kier molecular flexibility index (Phi) is 3.74. The highest BCUT2D eigenvalue weighted by Crippen LogP contribution is 2.28. The fourth-order valence-corrected chi connectivity index (χ4v) is 1.39. The second-order valence-corrected chi connectivity index (χ2v) is 4.03.